The zero-order valence-electron chi connectivity index (χ0n) is 13.4. The van der Waals surface area contributed by atoms with Gasteiger partial charge in [-0.3, -0.25) is 4.79 Å². The van der Waals surface area contributed by atoms with Crippen molar-refractivity contribution < 1.29 is 13.9 Å². The molecule has 3 aromatic rings. The molecule has 1 aromatic heterocycles. The summed E-state index contributed by atoms with van der Waals surface area (Å²) in [7, 11) is 1.22. The maximum Gasteiger partial charge on any atom is 0.355 e. The number of fused-ring (bicyclic) bond motifs is 1. The number of nitrogens with two attached hydrogens (primary N) is 1. The number of carbonyl (C=O) groups excluding carboxylic acids is 1. The summed E-state index contributed by atoms with van der Waals surface area (Å²) in [5.41, 5.74) is 6.33. The Morgan fingerprint density at radius 2 is 1.88 bits per heavy atom. The molecular weight excluding hydrogens is 347 g/mol. The molecule has 0 radical (unpaired) electrons. The van der Waals surface area contributed by atoms with Gasteiger partial charge >= 0.3 is 5.97 Å². The van der Waals surface area contributed by atoms with Crippen LogP contribution in [-0.4, -0.2) is 17.6 Å². The summed E-state index contributed by atoms with van der Waals surface area (Å²) in [6, 6.07) is 12.7. The molecule has 0 fully saturated rings. The lowest BCUT2D eigenvalue weighted by molar-refractivity contribution is 0.0589. The second-order valence-electron chi connectivity index (χ2n) is 5.18. The van der Waals surface area contributed by atoms with Crippen LogP contribution in [0.3, 0.4) is 0 Å². The summed E-state index contributed by atoms with van der Waals surface area (Å²) in [6.45, 7) is -0.135. The van der Waals surface area contributed by atoms with Gasteiger partial charge < -0.3 is 15.0 Å². The summed E-state index contributed by atoms with van der Waals surface area (Å²) in [5.74, 6) is -1.22. The van der Waals surface area contributed by atoms with Crippen LogP contribution in [0.1, 0.15) is 16.1 Å². The smallest absolute Gasteiger partial charge is 0.355 e. The van der Waals surface area contributed by atoms with Crippen LogP contribution in [0.2, 0.25) is 0 Å². The van der Waals surface area contributed by atoms with Crippen molar-refractivity contribution in [2.45, 2.75) is 6.54 Å². The van der Waals surface area contributed by atoms with Crippen LogP contribution in [0.15, 0.2) is 53.3 Å². The van der Waals surface area contributed by atoms with Gasteiger partial charge in [-0.1, -0.05) is 18.2 Å². The Balaban J connectivity index is 0.00000225. The van der Waals surface area contributed by atoms with Gasteiger partial charge in [0.1, 0.15) is 11.5 Å². The number of ether oxygens (including phenoxy) is 1. The molecule has 0 saturated carbocycles. The number of nitrogens with zero attached hydrogens (tertiary/aromatic N) is 1. The standard InChI is InChI=1S/C18H15FN2O3.ClH/c1-24-18(23)16-14(10-20)17(22)13-8-7-11(19)9-15(13)21(16)12-5-3-2-4-6-12;/h2-9H,10,20H2,1H3;1H. The largest absolute Gasteiger partial charge is 0.464 e. The van der Waals surface area contributed by atoms with Crippen LogP contribution in [0.25, 0.3) is 16.6 Å². The van der Waals surface area contributed by atoms with Gasteiger partial charge in [0.2, 0.25) is 0 Å². The Labute approximate surface area is 149 Å². The molecule has 0 saturated heterocycles. The number of esters is 1. The predicted molar refractivity (Wildman–Crippen MR) is 96.0 cm³/mol. The minimum atomic E-state index is -0.706. The Bertz CT molecular complexity index is 987. The molecule has 1 heterocycles. The van der Waals surface area contributed by atoms with E-state index in [0.717, 1.165) is 0 Å². The van der Waals surface area contributed by atoms with Gasteiger partial charge in [0.05, 0.1) is 12.6 Å². The van der Waals surface area contributed by atoms with Gasteiger partial charge in [-0.05, 0) is 30.3 Å². The number of hydrogen-bond acceptors (Lipinski definition) is 4. The summed E-state index contributed by atoms with van der Waals surface area (Å²) < 4.78 is 20.1. The molecule has 0 aliphatic rings. The normalized spacial score (nSPS) is 10.4. The summed E-state index contributed by atoms with van der Waals surface area (Å²) in [5, 5.41) is 0.286. The van der Waals surface area contributed by atoms with Crippen molar-refractivity contribution in [3.8, 4) is 5.69 Å². The van der Waals surface area contributed by atoms with Crippen LogP contribution in [0.5, 0.6) is 0 Å². The van der Waals surface area contributed by atoms with E-state index < -0.39 is 17.2 Å². The summed E-state index contributed by atoms with van der Waals surface area (Å²) in [6.07, 6.45) is 0. The van der Waals surface area contributed by atoms with E-state index >= 15 is 0 Å². The highest BCUT2D eigenvalue weighted by molar-refractivity contribution is 5.95. The van der Waals surface area contributed by atoms with E-state index in [2.05, 4.69) is 0 Å². The van der Waals surface area contributed by atoms with Crippen molar-refractivity contribution in [1.82, 2.24) is 4.57 Å². The van der Waals surface area contributed by atoms with E-state index in [9.17, 15) is 14.0 Å². The zero-order valence-corrected chi connectivity index (χ0v) is 14.2. The fourth-order valence-corrected chi connectivity index (χ4v) is 2.75. The van der Waals surface area contributed by atoms with Crippen LogP contribution < -0.4 is 11.2 Å². The number of halogens is 2. The molecule has 2 N–H and O–H groups in total. The third-order valence-corrected chi connectivity index (χ3v) is 3.83. The Morgan fingerprint density at radius 3 is 2.48 bits per heavy atom. The quantitative estimate of drug-likeness (QED) is 0.727. The molecule has 2 aromatic carbocycles. The lowest BCUT2D eigenvalue weighted by atomic mass is 10.1. The summed E-state index contributed by atoms with van der Waals surface area (Å²) >= 11 is 0. The maximum absolute atomic E-state index is 13.8. The highest BCUT2D eigenvalue weighted by atomic mass is 35.5. The molecule has 0 amide bonds. The molecule has 0 aliphatic carbocycles. The first-order chi connectivity index (χ1) is 11.6. The lowest BCUT2D eigenvalue weighted by Gasteiger charge is -2.18. The van der Waals surface area contributed by atoms with Crippen molar-refractivity contribution in [3.05, 3.63) is 75.8 Å². The number of para-hydroxylation sites is 1. The van der Waals surface area contributed by atoms with Gasteiger partial charge in [-0.2, -0.15) is 0 Å². The van der Waals surface area contributed by atoms with Crippen LogP contribution in [0, 0.1) is 5.82 Å². The monoisotopic (exact) mass is 362 g/mol. The number of carbonyl (C=O) groups is 1. The van der Waals surface area contributed by atoms with Crippen molar-refractivity contribution in [3.63, 3.8) is 0 Å². The van der Waals surface area contributed by atoms with Gasteiger partial charge in [0, 0.05) is 23.2 Å². The van der Waals surface area contributed by atoms with E-state index in [-0.39, 0.29) is 41.1 Å². The van der Waals surface area contributed by atoms with E-state index in [1.54, 1.807) is 24.3 Å². The molecule has 25 heavy (non-hydrogen) atoms. The molecule has 130 valence electrons. The fraction of sp³-hybridized carbons (Fsp3) is 0.111. The zero-order chi connectivity index (χ0) is 17.3. The number of benzene rings is 2. The first-order valence-corrected chi connectivity index (χ1v) is 7.29. The Morgan fingerprint density at radius 1 is 1.20 bits per heavy atom. The topological polar surface area (TPSA) is 74.3 Å². The number of methoxy groups -OCH3 is 1. The SMILES string of the molecule is COC(=O)c1c(CN)c(=O)c2ccc(F)cc2n1-c1ccccc1.Cl. The van der Waals surface area contributed by atoms with E-state index in [1.807, 2.05) is 6.07 Å². The first kappa shape index (κ1) is 18.6. The highest BCUT2D eigenvalue weighted by Crippen LogP contribution is 2.23. The average molecular weight is 363 g/mol. The number of hydrogen-bond donors (Lipinski definition) is 1. The Kier molecular flexibility index (Phi) is 5.56. The van der Waals surface area contributed by atoms with Crippen molar-refractivity contribution in [1.29, 1.82) is 0 Å². The van der Waals surface area contributed by atoms with E-state index in [1.165, 1.54) is 29.9 Å². The summed E-state index contributed by atoms with van der Waals surface area (Å²) in [4.78, 5) is 25.0. The predicted octanol–water partition coefficient (Wildman–Crippen LogP) is 2.80. The molecule has 0 bridgehead atoms. The molecule has 0 atom stereocenters. The van der Waals surface area contributed by atoms with Crippen LogP contribution >= 0.6 is 12.4 Å². The third kappa shape index (κ3) is 3.14. The van der Waals surface area contributed by atoms with E-state index in [0.29, 0.717) is 5.69 Å². The number of pyridine rings is 1. The number of rotatable bonds is 3. The molecule has 5 nitrogen and oxygen atoms in total. The van der Waals surface area contributed by atoms with Crippen LogP contribution in [-0.2, 0) is 11.3 Å². The average Bonchev–Trinajstić information content (AvgIpc) is 2.61. The van der Waals surface area contributed by atoms with Gasteiger partial charge in [0.25, 0.3) is 0 Å². The molecule has 7 heteroatoms. The minimum Gasteiger partial charge on any atom is -0.464 e. The first-order valence-electron chi connectivity index (χ1n) is 7.29. The van der Waals surface area contributed by atoms with Gasteiger partial charge in [-0.25, -0.2) is 9.18 Å². The molecule has 0 unspecified atom stereocenters. The van der Waals surface area contributed by atoms with Gasteiger partial charge in [0.15, 0.2) is 5.43 Å². The van der Waals surface area contributed by atoms with Crippen LogP contribution in [0.4, 0.5) is 4.39 Å². The molecule has 3 rings (SSSR count). The van der Waals surface area contributed by atoms with Crippen molar-refractivity contribution in [2.24, 2.45) is 5.73 Å². The van der Waals surface area contributed by atoms with Crippen molar-refractivity contribution >= 4 is 29.3 Å². The maximum atomic E-state index is 13.8. The highest BCUT2D eigenvalue weighted by Gasteiger charge is 2.23. The molecule has 0 aliphatic heterocycles. The van der Waals surface area contributed by atoms with Crippen molar-refractivity contribution in [2.75, 3.05) is 7.11 Å². The minimum absolute atomic E-state index is 0. The molecule has 0 spiro atoms. The molecular formula is C18H16ClFN2O3. The second-order valence-corrected chi connectivity index (χ2v) is 5.18. The van der Waals surface area contributed by atoms with Gasteiger partial charge in [-0.15, -0.1) is 12.4 Å². The van der Waals surface area contributed by atoms with E-state index in [4.69, 9.17) is 10.5 Å². The lowest BCUT2D eigenvalue weighted by Crippen LogP contribution is -2.26. The fourth-order valence-electron chi connectivity index (χ4n) is 2.75. The Hall–Kier alpha value is -2.70. The number of aromatic nitrogens is 1. The second kappa shape index (κ2) is 7.46. The third-order valence-electron chi connectivity index (χ3n) is 3.83.